The van der Waals surface area contributed by atoms with Crippen molar-refractivity contribution in [2.24, 2.45) is 0 Å². The van der Waals surface area contributed by atoms with Gasteiger partial charge in [-0.3, -0.25) is 9.59 Å². The smallest absolute Gasteiger partial charge is 0.250 e. The van der Waals surface area contributed by atoms with Crippen molar-refractivity contribution in [3.63, 3.8) is 0 Å². The summed E-state index contributed by atoms with van der Waals surface area (Å²) in [6.07, 6.45) is 6.46. The molecule has 2 amide bonds. The molecule has 2 aliphatic rings. The van der Waals surface area contributed by atoms with Crippen LogP contribution in [0.3, 0.4) is 0 Å². The molecule has 5 nitrogen and oxygen atoms in total. The Balaban J connectivity index is 1.66. The number of carbonyl (C=O) groups excluding carboxylic acids is 2. The van der Waals surface area contributed by atoms with Crippen molar-refractivity contribution >= 4 is 11.8 Å². The Morgan fingerprint density at radius 1 is 0.935 bits per heavy atom. The molecule has 1 saturated carbocycles. The minimum Gasteiger partial charge on any atom is -0.497 e. The van der Waals surface area contributed by atoms with Gasteiger partial charge in [0.15, 0.2) is 0 Å². The number of rotatable bonds is 5. The highest BCUT2D eigenvalue weighted by atomic mass is 19.1. The standard InChI is InChI=1S/C25H29FN2O3/c1-31-22-14-10-19(11-15-22)24-25(30)27(21-6-4-2-3-5-7-21)17-23(29)28(24)16-18-8-12-20(26)13-9-18/h8-15,21,24H,2-7,16-17H2,1H3. The molecule has 1 aliphatic carbocycles. The van der Waals surface area contributed by atoms with E-state index < -0.39 is 6.04 Å². The maximum Gasteiger partial charge on any atom is 0.250 e. The molecule has 1 unspecified atom stereocenters. The van der Waals surface area contributed by atoms with Crippen molar-refractivity contribution in [3.8, 4) is 5.75 Å². The molecule has 1 saturated heterocycles. The lowest BCUT2D eigenvalue weighted by Gasteiger charge is -2.43. The molecule has 6 heteroatoms. The number of hydrogen-bond acceptors (Lipinski definition) is 3. The zero-order valence-electron chi connectivity index (χ0n) is 17.9. The number of hydrogen-bond donors (Lipinski definition) is 0. The zero-order chi connectivity index (χ0) is 21.8. The molecule has 0 radical (unpaired) electrons. The average Bonchev–Trinajstić information content (AvgIpc) is 3.07. The van der Waals surface area contributed by atoms with Gasteiger partial charge in [0.25, 0.3) is 5.91 Å². The average molecular weight is 425 g/mol. The van der Waals surface area contributed by atoms with E-state index in [4.69, 9.17) is 4.74 Å². The summed E-state index contributed by atoms with van der Waals surface area (Å²) in [5.41, 5.74) is 1.56. The van der Waals surface area contributed by atoms with Crippen LogP contribution in [0.4, 0.5) is 4.39 Å². The third-order valence-electron chi connectivity index (χ3n) is 6.42. The summed E-state index contributed by atoms with van der Waals surface area (Å²) in [5.74, 6) is 0.271. The molecule has 0 aromatic heterocycles. The van der Waals surface area contributed by atoms with Gasteiger partial charge in [-0.1, -0.05) is 49.9 Å². The van der Waals surface area contributed by atoms with Crippen LogP contribution in [0.5, 0.6) is 5.75 Å². The Morgan fingerprint density at radius 3 is 2.19 bits per heavy atom. The Bertz CT molecular complexity index is 905. The quantitative estimate of drug-likeness (QED) is 0.666. The van der Waals surface area contributed by atoms with Crippen LogP contribution < -0.4 is 4.74 Å². The highest BCUT2D eigenvalue weighted by Crippen LogP contribution is 2.33. The molecule has 0 N–H and O–H groups in total. The molecule has 1 heterocycles. The highest BCUT2D eigenvalue weighted by Gasteiger charge is 2.42. The fourth-order valence-electron chi connectivity index (χ4n) is 4.70. The van der Waals surface area contributed by atoms with Gasteiger partial charge in [-0.2, -0.15) is 0 Å². The largest absolute Gasteiger partial charge is 0.497 e. The Morgan fingerprint density at radius 2 is 1.58 bits per heavy atom. The third kappa shape index (κ3) is 4.73. The van der Waals surface area contributed by atoms with Gasteiger partial charge in [0.2, 0.25) is 5.91 Å². The molecule has 31 heavy (non-hydrogen) atoms. The van der Waals surface area contributed by atoms with E-state index in [1.54, 1.807) is 24.1 Å². The molecular weight excluding hydrogens is 395 g/mol. The van der Waals surface area contributed by atoms with Gasteiger partial charge in [0.1, 0.15) is 24.2 Å². The first-order valence-corrected chi connectivity index (χ1v) is 11.0. The summed E-state index contributed by atoms with van der Waals surface area (Å²) in [7, 11) is 1.60. The van der Waals surface area contributed by atoms with Crippen molar-refractivity contribution in [3.05, 3.63) is 65.5 Å². The number of ether oxygens (including phenoxy) is 1. The molecule has 4 rings (SSSR count). The van der Waals surface area contributed by atoms with E-state index in [0.717, 1.165) is 36.8 Å². The molecule has 1 aliphatic heterocycles. The predicted molar refractivity (Wildman–Crippen MR) is 116 cm³/mol. The molecule has 0 spiro atoms. The van der Waals surface area contributed by atoms with E-state index in [1.165, 1.54) is 25.0 Å². The molecule has 0 bridgehead atoms. The summed E-state index contributed by atoms with van der Waals surface area (Å²) in [6.45, 7) is 0.372. The van der Waals surface area contributed by atoms with Crippen LogP contribution in [0.25, 0.3) is 0 Å². The van der Waals surface area contributed by atoms with Gasteiger partial charge in [0.05, 0.1) is 7.11 Å². The second-order valence-corrected chi connectivity index (χ2v) is 8.44. The van der Waals surface area contributed by atoms with Gasteiger partial charge < -0.3 is 14.5 Å². The number of halogens is 1. The Kier molecular flexibility index (Phi) is 6.54. The normalized spacial score (nSPS) is 20.6. The fraction of sp³-hybridized carbons (Fsp3) is 0.440. The van der Waals surface area contributed by atoms with Crippen LogP contribution in [-0.4, -0.2) is 41.3 Å². The van der Waals surface area contributed by atoms with E-state index in [0.29, 0.717) is 5.75 Å². The van der Waals surface area contributed by atoms with Crippen LogP contribution in [0.15, 0.2) is 48.5 Å². The maximum atomic E-state index is 13.7. The van der Waals surface area contributed by atoms with Gasteiger partial charge in [-0.25, -0.2) is 4.39 Å². The van der Waals surface area contributed by atoms with Crippen molar-refractivity contribution in [1.82, 2.24) is 9.80 Å². The number of piperazine rings is 1. The van der Waals surface area contributed by atoms with Gasteiger partial charge in [0, 0.05) is 12.6 Å². The van der Waals surface area contributed by atoms with Crippen LogP contribution in [0.2, 0.25) is 0 Å². The second-order valence-electron chi connectivity index (χ2n) is 8.44. The van der Waals surface area contributed by atoms with Gasteiger partial charge >= 0.3 is 0 Å². The van der Waals surface area contributed by atoms with Crippen molar-refractivity contribution in [1.29, 1.82) is 0 Å². The van der Waals surface area contributed by atoms with E-state index in [9.17, 15) is 14.0 Å². The number of benzene rings is 2. The van der Waals surface area contributed by atoms with E-state index in [-0.39, 0.29) is 36.8 Å². The highest BCUT2D eigenvalue weighted by molar-refractivity contribution is 5.95. The molecule has 2 aromatic rings. The monoisotopic (exact) mass is 424 g/mol. The topological polar surface area (TPSA) is 49.9 Å². The SMILES string of the molecule is COc1ccc(C2C(=O)N(C3CCCCCC3)CC(=O)N2Cc2ccc(F)cc2)cc1. The lowest BCUT2D eigenvalue weighted by atomic mass is 9.97. The van der Waals surface area contributed by atoms with Crippen molar-refractivity contribution < 1.29 is 18.7 Å². The Hall–Kier alpha value is -2.89. The lowest BCUT2D eigenvalue weighted by molar-refractivity contribution is -0.159. The summed E-state index contributed by atoms with van der Waals surface area (Å²) in [4.78, 5) is 30.5. The first-order chi connectivity index (χ1) is 15.1. The first kappa shape index (κ1) is 21.3. The number of methoxy groups -OCH3 is 1. The summed E-state index contributed by atoms with van der Waals surface area (Å²) in [6, 6.07) is 12.8. The zero-order valence-corrected chi connectivity index (χ0v) is 17.9. The van der Waals surface area contributed by atoms with Crippen molar-refractivity contribution in [2.45, 2.75) is 57.2 Å². The van der Waals surface area contributed by atoms with E-state index >= 15 is 0 Å². The summed E-state index contributed by atoms with van der Waals surface area (Å²) in [5, 5.41) is 0. The molecule has 164 valence electrons. The maximum absolute atomic E-state index is 13.7. The van der Waals surface area contributed by atoms with Crippen LogP contribution in [0, 0.1) is 5.82 Å². The second kappa shape index (κ2) is 9.50. The van der Waals surface area contributed by atoms with Crippen LogP contribution in [-0.2, 0) is 16.1 Å². The van der Waals surface area contributed by atoms with Crippen LogP contribution >= 0.6 is 0 Å². The molecule has 1 atom stereocenters. The summed E-state index contributed by atoms with van der Waals surface area (Å²) < 4.78 is 18.6. The Labute approximate surface area is 182 Å². The molecule has 2 fully saturated rings. The van der Waals surface area contributed by atoms with E-state index in [2.05, 4.69) is 0 Å². The van der Waals surface area contributed by atoms with E-state index in [1.807, 2.05) is 29.2 Å². The van der Waals surface area contributed by atoms with Gasteiger partial charge in [-0.15, -0.1) is 0 Å². The number of nitrogens with zero attached hydrogens (tertiary/aromatic N) is 2. The minimum absolute atomic E-state index is 0.0289. The summed E-state index contributed by atoms with van der Waals surface area (Å²) >= 11 is 0. The molecular formula is C25H29FN2O3. The minimum atomic E-state index is -0.694. The van der Waals surface area contributed by atoms with Gasteiger partial charge in [-0.05, 0) is 48.2 Å². The predicted octanol–water partition coefficient (Wildman–Crippen LogP) is 4.47. The molecule has 2 aromatic carbocycles. The first-order valence-electron chi connectivity index (χ1n) is 11.0. The van der Waals surface area contributed by atoms with Crippen LogP contribution in [0.1, 0.15) is 55.7 Å². The number of carbonyl (C=O) groups is 2. The third-order valence-corrected chi connectivity index (χ3v) is 6.42. The van der Waals surface area contributed by atoms with Crippen molar-refractivity contribution in [2.75, 3.05) is 13.7 Å². The fourth-order valence-corrected chi connectivity index (χ4v) is 4.70. The number of amides is 2. The lowest BCUT2D eigenvalue weighted by Crippen LogP contribution is -2.57.